The summed E-state index contributed by atoms with van der Waals surface area (Å²) in [6.45, 7) is 0. The molecule has 1 radical (unpaired) electrons. The highest BCUT2D eigenvalue weighted by Gasteiger charge is 2.08. The first-order valence-electron chi connectivity index (χ1n) is 2.96. The van der Waals surface area contributed by atoms with Crippen molar-refractivity contribution in [1.29, 1.82) is 0 Å². The molecule has 0 bridgehead atoms. The quantitative estimate of drug-likeness (QED) is 0.658. The van der Waals surface area contributed by atoms with Crippen molar-refractivity contribution in [2.24, 2.45) is 0 Å². The van der Waals surface area contributed by atoms with Crippen LogP contribution < -0.4 is 0 Å². The van der Waals surface area contributed by atoms with Crippen molar-refractivity contribution in [2.75, 3.05) is 0 Å². The van der Waals surface area contributed by atoms with Crippen molar-refractivity contribution in [3.05, 3.63) is 29.6 Å². The molecule has 1 aromatic rings. The van der Waals surface area contributed by atoms with Crippen molar-refractivity contribution in [1.82, 2.24) is 4.98 Å². The highest BCUT2D eigenvalue weighted by atomic mass is 16.4. The van der Waals surface area contributed by atoms with Crippen LogP contribution in [0, 0.1) is 6.07 Å². The fraction of sp³-hybridized carbons (Fsp3) is 0. The van der Waals surface area contributed by atoms with Crippen LogP contribution in [0.5, 0.6) is 0 Å². The van der Waals surface area contributed by atoms with Crippen LogP contribution in [0.2, 0.25) is 0 Å². The van der Waals surface area contributed by atoms with Gasteiger partial charge < -0.3 is 10.2 Å². The molecule has 0 amide bonds. The van der Waals surface area contributed by atoms with Crippen molar-refractivity contribution in [2.45, 2.75) is 0 Å². The summed E-state index contributed by atoms with van der Waals surface area (Å²) in [5, 5.41) is 16.8. The molecule has 2 N–H and O–H groups in total. The monoisotopic (exact) mass is 166 g/mol. The molecule has 0 aliphatic heterocycles. The van der Waals surface area contributed by atoms with E-state index in [1.54, 1.807) is 0 Å². The van der Waals surface area contributed by atoms with Gasteiger partial charge in [0.05, 0.1) is 0 Å². The fourth-order valence-electron chi connectivity index (χ4n) is 0.613. The molecule has 0 atom stereocenters. The Kier molecular flexibility index (Phi) is 2.05. The zero-order valence-corrected chi connectivity index (χ0v) is 5.81. The predicted octanol–water partition coefficient (Wildman–Crippen LogP) is 0.278. The van der Waals surface area contributed by atoms with Gasteiger partial charge in [0.15, 0.2) is 0 Å². The van der Waals surface area contributed by atoms with Crippen molar-refractivity contribution < 1.29 is 19.8 Å². The van der Waals surface area contributed by atoms with Crippen molar-refractivity contribution in [3.8, 4) is 0 Å². The van der Waals surface area contributed by atoms with E-state index in [1.165, 1.54) is 0 Å². The molecule has 0 aliphatic rings. The van der Waals surface area contributed by atoms with Crippen LogP contribution in [-0.2, 0) is 0 Å². The molecule has 12 heavy (non-hydrogen) atoms. The summed E-state index contributed by atoms with van der Waals surface area (Å²) in [4.78, 5) is 23.9. The molecule has 0 aromatic carbocycles. The maximum Gasteiger partial charge on any atom is 0.354 e. The van der Waals surface area contributed by atoms with Crippen LogP contribution in [-0.4, -0.2) is 27.1 Å². The van der Waals surface area contributed by atoms with Gasteiger partial charge in [-0.3, -0.25) is 0 Å². The molecule has 1 rings (SSSR count). The van der Waals surface area contributed by atoms with E-state index in [0.29, 0.717) is 0 Å². The van der Waals surface area contributed by atoms with Crippen LogP contribution in [0.1, 0.15) is 21.0 Å². The molecular formula is C7H4NO4. The Hall–Kier alpha value is -1.91. The highest BCUT2D eigenvalue weighted by Crippen LogP contribution is 1.98. The number of rotatable bonds is 2. The molecule has 1 heterocycles. The average Bonchev–Trinajstić information content (AvgIpc) is 2.04. The van der Waals surface area contributed by atoms with E-state index in [9.17, 15) is 9.59 Å². The van der Waals surface area contributed by atoms with Crippen LogP contribution >= 0.6 is 0 Å². The molecule has 0 saturated heterocycles. The first-order chi connectivity index (χ1) is 5.61. The minimum atomic E-state index is -1.27. The second-order valence-electron chi connectivity index (χ2n) is 1.95. The molecule has 0 aliphatic carbocycles. The van der Waals surface area contributed by atoms with Gasteiger partial charge in [-0.25, -0.2) is 14.6 Å². The molecule has 0 fully saturated rings. The lowest BCUT2D eigenvalue weighted by Crippen LogP contribution is -2.06. The Morgan fingerprint density at radius 3 is 1.92 bits per heavy atom. The maximum absolute atomic E-state index is 10.3. The van der Waals surface area contributed by atoms with Gasteiger partial charge in [0.25, 0.3) is 0 Å². The summed E-state index contributed by atoms with van der Waals surface area (Å²) >= 11 is 0. The van der Waals surface area contributed by atoms with Gasteiger partial charge in [-0.2, -0.15) is 0 Å². The van der Waals surface area contributed by atoms with E-state index in [0.717, 1.165) is 12.1 Å². The Labute approximate surface area is 67.3 Å². The number of aromatic carboxylic acids is 2. The average molecular weight is 166 g/mol. The number of carboxylic acid groups (broad SMARTS) is 2. The van der Waals surface area contributed by atoms with Gasteiger partial charge in [0.2, 0.25) is 0 Å². The molecule has 0 saturated carbocycles. The summed E-state index contributed by atoms with van der Waals surface area (Å²) in [7, 11) is 0. The van der Waals surface area contributed by atoms with Gasteiger partial charge in [-0.05, 0) is 18.2 Å². The maximum atomic E-state index is 10.3. The molecule has 0 spiro atoms. The van der Waals surface area contributed by atoms with E-state index < -0.39 is 11.9 Å². The minimum Gasteiger partial charge on any atom is -0.477 e. The number of pyridine rings is 1. The van der Waals surface area contributed by atoms with E-state index >= 15 is 0 Å². The van der Waals surface area contributed by atoms with Gasteiger partial charge in [0, 0.05) is 0 Å². The second kappa shape index (κ2) is 3.00. The van der Waals surface area contributed by atoms with Gasteiger partial charge in [-0.1, -0.05) is 0 Å². The smallest absolute Gasteiger partial charge is 0.354 e. The first kappa shape index (κ1) is 8.19. The Bertz CT molecular complexity index is 305. The number of carbonyl (C=O) groups is 2. The van der Waals surface area contributed by atoms with E-state index in [-0.39, 0.29) is 11.4 Å². The van der Waals surface area contributed by atoms with Crippen LogP contribution in [0.3, 0.4) is 0 Å². The highest BCUT2D eigenvalue weighted by molar-refractivity contribution is 5.89. The summed E-state index contributed by atoms with van der Waals surface area (Å²) in [5.41, 5.74) is -0.648. The van der Waals surface area contributed by atoms with Crippen LogP contribution in [0.25, 0.3) is 0 Å². The molecule has 5 heteroatoms. The number of nitrogens with zero attached hydrogens (tertiary/aromatic N) is 1. The van der Waals surface area contributed by atoms with E-state index in [4.69, 9.17) is 10.2 Å². The second-order valence-corrected chi connectivity index (χ2v) is 1.95. The normalized spacial score (nSPS) is 9.33. The lowest BCUT2D eigenvalue weighted by molar-refractivity contribution is 0.0685. The molecular weight excluding hydrogens is 162 g/mol. The third-order valence-electron chi connectivity index (χ3n) is 1.12. The topological polar surface area (TPSA) is 87.5 Å². The summed E-state index contributed by atoms with van der Waals surface area (Å²) in [6, 6.07) is 4.58. The molecule has 0 unspecified atom stereocenters. The number of hydrogen-bond acceptors (Lipinski definition) is 3. The molecule has 5 nitrogen and oxygen atoms in total. The molecule has 61 valence electrons. The lowest BCUT2D eigenvalue weighted by Gasteiger charge is -1.94. The van der Waals surface area contributed by atoms with Gasteiger partial charge in [-0.15, -0.1) is 0 Å². The fourth-order valence-corrected chi connectivity index (χ4v) is 0.613. The number of carboxylic acids is 2. The van der Waals surface area contributed by atoms with E-state index in [2.05, 4.69) is 11.1 Å². The predicted molar refractivity (Wildman–Crippen MR) is 37.0 cm³/mol. The molecule has 1 aromatic heterocycles. The van der Waals surface area contributed by atoms with Crippen LogP contribution in [0.4, 0.5) is 0 Å². The summed E-state index contributed by atoms with van der Waals surface area (Å²) < 4.78 is 0. The van der Waals surface area contributed by atoms with Crippen molar-refractivity contribution >= 4 is 11.9 Å². The van der Waals surface area contributed by atoms with E-state index in [1.807, 2.05) is 0 Å². The minimum absolute atomic E-state index is 0.324. The Balaban J connectivity index is 3.12. The third kappa shape index (κ3) is 1.57. The lowest BCUT2D eigenvalue weighted by atomic mass is 10.3. The summed E-state index contributed by atoms with van der Waals surface area (Å²) in [5.74, 6) is -2.54. The van der Waals surface area contributed by atoms with Gasteiger partial charge in [0.1, 0.15) is 11.4 Å². The zero-order chi connectivity index (χ0) is 9.14. The van der Waals surface area contributed by atoms with Gasteiger partial charge >= 0.3 is 11.9 Å². The zero-order valence-electron chi connectivity index (χ0n) is 5.81. The SMILES string of the molecule is O=C(O)c1c[c]cc(C(=O)O)n1. The number of hydrogen-bond donors (Lipinski definition) is 2. The number of aromatic nitrogens is 1. The summed E-state index contributed by atoms with van der Waals surface area (Å²) in [6.07, 6.45) is 0. The van der Waals surface area contributed by atoms with Crippen LogP contribution in [0.15, 0.2) is 12.1 Å². The largest absolute Gasteiger partial charge is 0.477 e. The standard InChI is InChI=1S/C7H4NO4/c9-6(10)4-2-1-3-5(8-4)7(11)12/h2-3H,(H,9,10)(H,11,12). The van der Waals surface area contributed by atoms with Crippen molar-refractivity contribution in [3.63, 3.8) is 0 Å². The Morgan fingerprint density at radius 1 is 1.17 bits per heavy atom. The third-order valence-corrected chi connectivity index (χ3v) is 1.12. The first-order valence-corrected chi connectivity index (χ1v) is 2.96. The Morgan fingerprint density at radius 2 is 1.58 bits per heavy atom.